The normalized spacial score (nSPS) is 20.6. The molecule has 0 spiro atoms. The standard InChI is InChI=1S/C13H16N6O/c1-13(2,16-17-14)12-10-5-3-4-6-11(10)20-8-9-7-15-18-19(9)12/h3-7,12,15,18H,8H2,1-2H3. The van der Waals surface area contributed by atoms with Crippen LogP contribution in [-0.2, 0) is 0 Å². The van der Waals surface area contributed by atoms with Crippen LogP contribution < -0.4 is 15.7 Å². The summed E-state index contributed by atoms with van der Waals surface area (Å²) in [6, 6.07) is 7.66. The fraction of sp³-hybridized carbons (Fsp3) is 0.385. The zero-order chi connectivity index (χ0) is 14.2. The summed E-state index contributed by atoms with van der Waals surface area (Å²) >= 11 is 0. The van der Waals surface area contributed by atoms with Crippen LogP contribution >= 0.6 is 0 Å². The first kappa shape index (κ1) is 12.7. The van der Waals surface area contributed by atoms with Crippen LogP contribution in [0, 0.1) is 0 Å². The van der Waals surface area contributed by atoms with E-state index in [1.54, 1.807) is 0 Å². The van der Waals surface area contributed by atoms with Crippen LogP contribution in [0.3, 0.4) is 0 Å². The first-order chi connectivity index (χ1) is 9.63. The molecule has 0 radical (unpaired) electrons. The maximum absolute atomic E-state index is 8.85. The van der Waals surface area contributed by atoms with E-state index in [0.29, 0.717) is 6.61 Å². The lowest BCUT2D eigenvalue weighted by molar-refractivity contribution is 0.120. The molecule has 1 unspecified atom stereocenters. The molecule has 1 aromatic rings. The summed E-state index contributed by atoms with van der Waals surface area (Å²) in [6.45, 7) is 4.29. The number of para-hydroxylation sites is 1. The number of hydrogen-bond donors (Lipinski definition) is 2. The summed E-state index contributed by atoms with van der Waals surface area (Å²) in [4.78, 5) is 2.99. The molecule has 1 aromatic carbocycles. The number of ether oxygens (including phenoxy) is 1. The molecule has 20 heavy (non-hydrogen) atoms. The minimum atomic E-state index is -0.642. The Balaban J connectivity index is 2.15. The minimum absolute atomic E-state index is 0.168. The molecule has 0 aliphatic carbocycles. The predicted octanol–water partition coefficient (Wildman–Crippen LogP) is 2.38. The van der Waals surface area contributed by atoms with Gasteiger partial charge < -0.3 is 10.2 Å². The third-order valence-electron chi connectivity index (χ3n) is 3.55. The number of benzene rings is 1. The SMILES string of the molecule is CC(C)(N=[N+]=[N-])C1c2ccccc2OCC2=CNNN21. The Morgan fingerprint density at radius 1 is 1.45 bits per heavy atom. The van der Waals surface area contributed by atoms with E-state index in [1.807, 2.05) is 49.3 Å². The van der Waals surface area contributed by atoms with Crippen LogP contribution in [0.2, 0.25) is 0 Å². The Bertz CT molecular complexity index is 605. The molecule has 104 valence electrons. The van der Waals surface area contributed by atoms with Gasteiger partial charge in [0, 0.05) is 16.7 Å². The highest BCUT2D eigenvalue weighted by Gasteiger charge is 2.41. The van der Waals surface area contributed by atoms with Crippen molar-refractivity contribution in [3.63, 3.8) is 0 Å². The molecule has 7 heteroatoms. The number of nitrogens with zero attached hydrogens (tertiary/aromatic N) is 4. The zero-order valence-electron chi connectivity index (χ0n) is 11.4. The van der Waals surface area contributed by atoms with E-state index in [4.69, 9.17) is 10.3 Å². The highest BCUT2D eigenvalue weighted by atomic mass is 16.5. The molecule has 7 nitrogen and oxygen atoms in total. The van der Waals surface area contributed by atoms with Gasteiger partial charge in [-0.3, -0.25) is 5.01 Å². The number of azide groups is 1. The van der Waals surface area contributed by atoms with Crippen molar-refractivity contribution in [2.24, 2.45) is 5.11 Å². The van der Waals surface area contributed by atoms with Gasteiger partial charge in [0.2, 0.25) is 0 Å². The highest BCUT2D eigenvalue weighted by molar-refractivity contribution is 5.40. The third-order valence-corrected chi connectivity index (χ3v) is 3.55. The summed E-state index contributed by atoms with van der Waals surface area (Å²) in [5.41, 5.74) is 16.2. The molecule has 0 saturated carbocycles. The second kappa shape index (κ2) is 4.63. The Labute approximate surface area is 116 Å². The van der Waals surface area contributed by atoms with Crippen LogP contribution in [0.25, 0.3) is 10.4 Å². The minimum Gasteiger partial charge on any atom is -0.487 e. The number of hydrazine groups is 2. The molecule has 0 aromatic heterocycles. The predicted molar refractivity (Wildman–Crippen MR) is 74.1 cm³/mol. The molecule has 1 atom stereocenters. The Kier molecular flexibility index (Phi) is 2.93. The van der Waals surface area contributed by atoms with Gasteiger partial charge >= 0.3 is 0 Å². The van der Waals surface area contributed by atoms with Crippen LogP contribution in [0.5, 0.6) is 5.75 Å². The van der Waals surface area contributed by atoms with Crippen molar-refractivity contribution in [1.82, 2.24) is 16.0 Å². The summed E-state index contributed by atoms with van der Waals surface area (Å²) in [7, 11) is 0. The zero-order valence-corrected chi connectivity index (χ0v) is 11.4. The lowest BCUT2D eigenvalue weighted by Gasteiger charge is -2.37. The van der Waals surface area contributed by atoms with Crippen molar-refractivity contribution in [1.29, 1.82) is 0 Å². The number of rotatable bonds is 2. The smallest absolute Gasteiger partial charge is 0.131 e. The summed E-state index contributed by atoms with van der Waals surface area (Å²) < 4.78 is 5.84. The van der Waals surface area contributed by atoms with E-state index in [9.17, 15) is 0 Å². The monoisotopic (exact) mass is 272 g/mol. The van der Waals surface area contributed by atoms with Gasteiger partial charge in [0.15, 0.2) is 0 Å². The first-order valence-corrected chi connectivity index (χ1v) is 6.41. The molecule has 2 N–H and O–H groups in total. The Morgan fingerprint density at radius 2 is 2.25 bits per heavy atom. The molecule has 2 heterocycles. The van der Waals surface area contributed by atoms with Gasteiger partial charge in [0.1, 0.15) is 12.4 Å². The second-order valence-corrected chi connectivity index (χ2v) is 5.33. The van der Waals surface area contributed by atoms with E-state index >= 15 is 0 Å². The van der Waals surface area contributed by atoms with Crippen molar-refractivity contribution >= 4 is 0 Å². The van der Waals surface area contributed by atoms with Crippen molar-refractivity contribution in [3.8, 4) is 5.75 Å². The lowest BCUT2D eigenvalue weighted by Crippen LogP contribution is -2.47. The van der Waals surface area contributed by atoms with Gasteiger partial charge in [0.05, 0.1) is 17.3 Å². The molecular weight excluding hydrogens is 256 g/mol. The number of fused-ring (bicyclic) bond motifs is 2. The maximum Gasteiger partial charge on any atom is 0.131 e. The van der Waals surface area contributed by atoms with Gasteiger partial charge in [0.25, 0.3) is 0 Å². The van der Waals surface area contributed by atoms with Gasteiger partial charge in [-0.15, -0.1) is 5.53 Å². The van der Waals surface area contributed by atoms with Crippen molar-refractivity contribution < 1.29 is 4.74 Å². The third kappa shape index (κ3) is 1.93. The summed E-state index contributed by atoms with van der Waals surface area (Å²) in [5, 5.41) is 5.93. The molecule has 0 saturated heterocycles. The molecular formula is C13H16N6O. The molecule has 3 rings (SSSR count). The van der Waals surface area contributed by atoms with E-state index in [0.717, 1.165) is 17.0 Å². The maximum atomic E-state index is 8.85. The summed E-state index contributed by atoms with van der Waals surface area (Å²) in [6.07, 6.45) is 1.85. The van der Waals surface area contributed by atoms with Crippen molar-refractivity contribution in [3.05, 3.63) is 52.2 Å². The topological polar surface area (TPSA) is 85.3 Å². The fourth-order valence-electron chi connectivity index (χ4n) is 2.66. The average Bonchev–Trinajstić information content (AvgIpc) is 2.79. The molecule has 0 bridgehead atoms. The average molecular weight is 272 g/mol. The quantitative estimate of drug-likeness (QED) is 0.491. The van der Waals surface area contributed by atoms with Crippen LogP contribution in [0.4, 0.5) is 0 Å². The van der Waals surface area contributed by atoms with Gasteiger partial charge in [-0.2, -0.15) is 0 Å². The fourth-order valence-corrected chi connectivity index (χ4v) is 2.66. The van der Waals surface area contributed by atoms with E-state index < -0.39 is 5.54 Å². The Hall–Kier alpha value is -2.37. The Morgan fingerprint density at radius 3 is 3.05 bits per heavy atom. The summed E-state index contributed by atoms with van der Waals surface area (Å²) in [5.74, 6) is 0.816. The van der Waals surface area contributed by atoms with E-state index in [2.05, 4.69) is 21.0 Å². The van der Waals surface area contributed by atoms with Gasteiger partial charge in [-0.05, 0) is 11.6 Å². The van der Waals surface area contributed by atoms with Gasteiger partial charge in [-0.25, -0.2) is 0 Å². The van der Waals surface area contributed by atoms with E-state index in [1.165, 1.54) is 0 Å². The molecule has 2 aliphatic heterocycles. The highest BCUT2D eigenvalue weighted by Crippen LogP contribution is 2.42. The second-order valence-electron chi connectivity index (χ2n) is 5.33. The molecule has 0 fully saturated rings. The largest absolute Gasteiger partial charge is 0.487 e. The molecule has 0 amide bonds. The van der Waals surface area contributed by atoms with Crippen molar-refractivity contribution in [2.45, 2.75) is 25.4 Å². The van der Waals surface area contributed by atoms with Crippen LogP contribution in [-0.4, -0.2) is 17.2 Å². The lowest BCUT2D eigenvalue weighted by atomic mass is 9.88. The van der Waals surface area contributed by atoms with Crippen molar-refractivity contribution in [2.75, 3.05) is 6.61 Å². The number of nitrogens with one attached hydrogen (secondary N) is 2. The number of hydrogen-bond acceptors (Lipinski definition) is 5. The van der Waals surface area contributed by atoms with Crippen LogP contribution in [0.15, 0.2) is 41.3 Å². The first-order valence-electron chi connectivity index (χ1n) is 6.41. The van der Waals surface area contributed by atoms with Gasteiger partial charge in [-0.1, -0.05) is 37.2 Å². The van der Waals surface area contributed by atoms with E-state index in [-0.39, 0.29) is 6.04 Å². The van der Waals surface area contributed by atoms with Crippen LogP contribution in [0.1, 0.15) is 25.5 Å². The molecule has 2 aliphatic rings.